The summed E-state index contributed by atoms with van der Waals surface area (Å²) in [4.78, 5) is 15.4. The van der Waals surface area contributed by atoms with Crippen molar-refractivity contribution in [2.24, 2.45) is 0 Å². The highest BCUT2D eigenvalue weighted by molar-refractivity contribution is 7.20. The molecular weight excluding hydrogens is 395 g/mol. The number of nitrogens with zero attached hydrogens (tertiary/aromatic N) is 1. The highest BCUT2D eigenvalue weighted by atomic mass is 32.1. The molecule has 6 nitrogen and oxygen atoms in total. The van der Waals surface area contributed by atoms with Crippen molar-refractivity contribution in [3.8, 4) is 10.9 Å². The molecule has 1 fully saturated rings. The highest BCUT2D eigenvalue weighted by Crippen LogP contribution is 2.37. The maximum atomic E-state index is 14.9. The molecule has 1 aliphatic rings. The minimum absolute atomic E-state index is 0.0277. The van der Waals surface area contributed by atoms with Crippen LogP contribution in [0.25, 0.3) is 10.2 Å². The van der Waals surface area contributed by atoms with Crippen LogP contribution in [0.15, 0.2) is 12.1 Å². The van der Waals surface area contributed by atoms with Crippen molar-refractivity contribution < 1.29 is 23.4 Å². The van der Waals surface area contributed by atoms with Crippen molar-refractivity contribution >= 4 is 27.5 Å². The number of carbonyl (C=O) groups is 1. The second-order valence-electron chi connectivity index (χ2n) is 7.82. The van der Waals surface area contributed by atoms with Gasteiger partial charge in [0.15, 0.2) is 11.6 Å². The monoisotopic (exact) mass is 424 g/mol. The van der Waals surface area contributed by atoms with Gasteiger partial charge < -0.3 is 19.5 Å². The van der Waals surface area contributed by atoms with Gasteiger partial charge in [0, 0.05) is 13.0 Å². The lowest BCUT2D eigenvalue weighted by atomic mass is 9.84. The molecule has 0 spiro atoms. The van der Waals surface area contributed by atoms with E-state index in [9.17, 15) is 9.18 Å². The van der Waals surface area contributed by atoms with Gasteiger partial charge >= 0.3 is 0 Å². The van der Waals surface area contributed by atoms with Crippen LogP contribution in [0.4, 0.5) is 4.39 Å². The van der Waals surface area contributed by atoms with E-state index in [1.165, 1.54) is 18.3 Å². The van der Waals surface area contributed by atoms with E-state index < -0.39 is 0 Å². The fraction of sp³-hybridized carbons (Fsp3) is 0.619. The van der Waals surface area contributed by atoms with Gasteiger partial charge in [0.2, 0.25) is 5.91 Å². The van der Waals surface area contributed by atoms with E-state index >= 15 is 0 Å². The predicted molar refractivity (Wildman–Crippen MR) is 111 cm³/mol. The maximum absolute atomic E-state index is 14.9. The Labute approximate surface area is 174 Å². The second kappa shape index (κ2) is 9.26. The fourth-order valence-electron chi connectivity index (χ4n) is 3.56. The minimum atomic E-state index is -0.375. The summed E-state index contributed by atoms with van der Waals surface area (Å²) in [7, 11) is 0. The zero-order chi connectivity index (χ0) is 21.0. The van der Waals surface area contributed by atoms with Crippen molar-refractivity contribution in [1.82, 2.24) is 10.3 Å². The van der Waals surface area contributed by atoms with E-state index in [4.69, 9.17) is 14.2 Å². The van der Waals surface area contributed by atoms with E-state index in [0.29, 0.717) is 28.6 Å². The second-order valence-corrected chi connectivity index (χ2v) is 8.78. The summed E-state index contributed by atoms with van der Waals surface area (Å²) in [5.74, 6) is -0.172. The first-order valence-corrected chi connectivity index (χ1v) is 10.9. The Bertz CT molecular complexity index is 849. The van der Waals surface area contributed by atoms with Crippen LogP contribution in [0.5, 0.6) is 10.9 Å². The number of hydrogen-bond acceptors (Lipinski definition) is 6. The van der Waals surface area contributed by atoms with Gasteiger partial charge in [0.25, 0.3) is 5.19 Å². The number of nitrogens with one attached hydrogen (secondary N) is 1. The number of hydrogen-bond donors (Lipinski definition) is 1. The quantitative estimate of drug-likeness (QED) is 0.678. The van der Waals surface area contributed by atoms with Crippen LogP contribution >= 0.6 is 11.3 Å². The van der Waals surface area contributed by atoms with Gasteiger partial charge in [-0.2, -0.15) is 0 Å². The largest absolute Gasteiger partial charge is 0.487 e. The molecule has 1 atom stereocenters. The lowest BCUT2D eigenvalue weighted by Crippen LogP contribution is -2.42. The van der Waals surface area contributed by atoms with Crippen LogP contribution in [0.3, 0.4) is 0 Å². The summed E-state index contributed by atoms with van der Waals surface area (Å²) in [6.07, 6.45) is 3.17. The standard InChI is InChI=1S/C21H29FN2O4S/c1-5-26-20-24-16-6-7-17(18(22)19(16)29-20)28-15-8-10-21(4,11-9-15)27-12-13(2)23-14(3)25/h6-7,13,15H,5,8-12H2,1-4H3,(H,23,25)/t13-,15?,21?/m0/s1. The normalized spacial score (nSPS) is 23.0. The molecule has 1 amide bonds. The van der Waals surface area contributed by atoms with Crippen molar-refractivity contribution in [3.63, 3.8) is 0 Å². The molecule has 160 valence electrons. The third kappa shape index (κ3) is 5.57. The van der Waals surface area contributed by atoms with Gasteiger partial charge in [-0.15, -0.1) is 0 Å². The lowest BCUT2D eigenvalue weighted by molar-refractivity contribution is -0.121. The van der Waals surface area contributed by atoms with Crippen LogP contribution in [0.1, 0.15) is 53.4 Å². The first kappa shape index (κ1) is 21.8. The van der Waals surface area contributed by atoms with E-state index in [1.807, 2.05) is 13.8 Å². The molecule has 0 bridgehead atoms. The molecule has 1 N–H and O–H groups in total. The molecule has 1 aliphatic carbocycles. The molecule has 1 aromatic heterocycles. The van der Waals surface area contributed by atoms with Gasteiger partial charge in [0.1, 0.15) is 0 Å². The predicted octanol–water partition coefficient (Wildman–Crippen LogP) is 4.46. The van der Waals surface area contributed by atoms with Gasteiger partial charge in [-0.05, 0) is 58.6 Å². The first-order valence-electron chi connectivity index (χ1n) is 10.1. The van der Waals surface area contributed by atoms with Crippen LogP contribution < -0.4 is 14.8 Å². The molecule has 0 aliphatic heterocycles. The number of aromatic nitrogens is 1. The van der Waals surface area contributed by atoms with Crippen LogP contribution in [-0.2, 0) is 9.53 Å². The Morgan fingerprint density at radius 2 is 2.14 bits per heavy atom. The zero-order valence-corrected chi connectivity index (χ0v) is 18.2. The number of thiazole rings is 1. The molecule has 0 radical (unpaired) electrons. The van der Waals surface area contributed by atoms with Crippen LogP contribution in [0, 0.1) is 5.82 Å². The molecule has 0 saturated heterocycles. The third-order valence-corrected chi connectivity index (χ3v) is 6.10. The van der Waals surface area contributed by atoms with Crippen molar-refractivity contribution in [2.45, 2.75) is 71.1 Å². The van der Waals surface area contributed by atoms with Crippen molar-refractivity contribution in [1.29, 1.82) is 0 Å². The molecule has 1 heterocycles. The minimum Gasteiger partial charge on any atom is -0.487 e. The number of carbonyl (C=O) groups excluding carboxylic acids is 1. The summed E-state index contributed by atoms with van der Waals surface area (Å²) in [6.45, 7) is 8.36. The molecule has 2 aromatic rings. The van der Waals surface area contributed by atoms with Crippen molar-refractivity contribution in [3.05, 3.63) is 17.9 Å². The lowest BCUT2D eigenvalue weighted by Gasteiger charge is -2.38. The molecule has 3 rings (SSSR count). The molecule has 1 aromatic carbocycles. The van der Waals surface area contributed by atoms with E-state index in [-0.39, 0.29) is 35.2 Å². The highest BCUT2D eigenvalue weighted by Gasteiger charge is 2.33. The van der Waals surface area contributed by atoms with Gasteiger partial charge in [-0.3, -0.25) is 4.79 Å². The Morgan fingerprint density at radius 3 is 2.79 bits per heavy atom. The number of halogens is 1. The smallest absolute Gasteiger partial charge is 0.274 e. The van der Waals surface area contributed by atoms with Crippen LogP contribution in [0.2, 0.25) is 0 Å². The average molecular weight is 425 g/mol. The molecule has 8 heteroatoms. The average Bonchev–Trinajstić information content (AvgIpc) is 3.08. The molecule has 0 unspecified atom stereocenters. The summed E-state index contributed by atoms with van der Waals surface area (Å²) in [5.41, 5.74) is 0.334. The number of benzene rings is 1. The first-order chi connectivity index (χ1) is 13.8. The molecule has 1 saturated carbocycles. The van der Waals surface area contributed by atoms with E-state index in [1.54, 1.807) is 12.1 Å². The van der Waals surface area contributed by atoms with E-state index in [0.717, 1.165) is 25.7 Å². The zero-order valence-electron chi connectivity index (χ0n) is 17.4. The Kier molecular flexibility index (Phi) is 6.95. The summed E-state index contributed by atoms with van der Waals surface area (Å²) < 4.78 is 32.8. The molecular formula is C21H29FN2O4S. The summed E-state index contributed by atoms with van der Waals surface area (Å²) >= 11 is 1.20. The number of fused-ring (bicyclic) bond motifs is 1. The van der Waals surface area contributed by atoms with Gasteiger partial charge in [-0.25, -0.2) is 9.37 Å². The number of rotatable bonds is 8. The van der Waals surface area contributed by atoms with Crippen LogP contribution in [-0.4, -0.2) is 41.9 Å². The van der Waals surface area contributed by atoms with Crippen molar-refractivity contribution in [2.75, 3.05) is 13.2 Å². The number of ether oxygens (including phenoxy) is 3. The fourth-order valence-corrected chi connectivity index (χ4v) is 4.46. The summed E-state index contributed by atoms with van der Waals surface area (Å²) in [5, 5.41) is 3.30. The Hall–Kier alpha value is -1.93. The van der Waals surface area contributed by atoms with Gasteiger partial charge in [0.05, 0.1) is 35.1 Å². The topological polar surface area (TPSA) is 69.7 Å². The third-order valence-electron chi connectivity index (χ3n) is 5.13. The summed E-state index contributed by atoms with van der Waals surface area (Å²) in [6, 6.07) is 3.39. The number of amides is 1. The van der Waals surface area contributed by atoms with Gasteiger partial charge in [-0.1, -0.05) is 11.3 Å². The van der Waals surface area contributed by atoms with E-state index in [2.05, 4.69) is 17.2 Å². The molecule has 29 heavy (non-hydrogen) atoms. The maximum Gasteiger partial charge on any atom is 0.274 e. The Balaban J connectivity index is 1.56. The SMILES string of the molecule is CCOc1nc2ccc(OC3CCC(C)(OC[C@H](C)NC(C)=O)CC3)c(F)c2s1. The Morgan fingerprint density at radius 1 is 1.41 bits per heavy atom.